The maximum atomic E-state index is 13.7. The van der Waals surface area contributed by atoms with Crippen LogP contribution in [0.1, 0.15) is 36.9 Å². The first-order chi connectivity index (χ1) is 9.16. The average Bonchev–Trinajstić information content (AvgIpc) is 2.71. The number of nitrogens with one attached hydrogen (secondary N) is 1. The Labute approximate surface area is 112 Å². The summed E-state index contributed by atoms with van der Waals surface area (Å²) in [6.45, 7) is 1.96. The zero-order valence-electron chi connectivity index (χ0n) is 11.1. The van der Waals surface area contributed by atoms with Gasteiger partial charge in [0, 0.05) is 23.4 Å². The van der Waals surface area contributed by atoms with Gasteiger partial charge in [-0.15, -0.1) is 0 Å². The summed E-state index contributed by atoms with van der Waals surface area (Å²) in [5, 5.41) is 0.927. The van der Waals surface area contributed by atoms with Crippen LogP contribution in [0.3, 0.4) is 0 Å². The Kier molecular flexibility index (Phi) is 3.13. The van der Waals surface area contributed by atoms with Crippen molar-refractivity contribution in [3.05, 3.63) is 35.3 Å². The maximum Gasteiger partial charge on any atom is 0.147 e. The van der Waals surface area contributed by atoms with Crippen LogP contribution in [0.5, 0.6) is 0 Å². The van der Waals surface area contributed by atoms with E-state index in [2.05, 4.69) is 4.98 Å². The van der Waals surface area contributed by atoms with E-state index < -0.39 is 0 Å². The van der Waals surface area contributed by atoms with E-state index in [1.807, 2.05) is 13.0 Å². The van der Waals surface area contributed by atoms with E-state index in [1.54, 1.807) is 6.07 Å². The molecular weight excluding hydrogens is 241 g/mol. The third-order valence-electron chi connectivity index (χ3n) is 4.24. The molecule has 100 valence electrons. The number of carbonyl (C=O) groups excluding carboxylic acids is 1. The molecule has 1 atom stereocenters. The van der Waals surface area contributed by atoms with Gasteiger partial charge in [-0.2, -0.15) is 0 Å². The number of hydrogen-bond acceptors (Lipinski definition) is 1. The van der Waals surface area contributed by atoms with Gasteiger partial charge in [-0.25, -0.2) is 4.39 Å². The van der Waals surface area contributed by atoms with Crippen LogP contribution in [0.4, 0.5) is 4.39 Å². The van der Waals surface area contributed by atoms with Gasteiger partial charge in [0.1, 0.15) is 11.6 Å². The average molecular weight is 259 g/mol. The van der Waals surface area contributed by atoms with Crippen molar-refractivity contribution in [1.29, 1.82) is 0 Å². The third-order valence-corrected chi connectivity index (χ3v) is 4.24. The van der Waals surface area contributed by atoms with E-state index in [-0.39, 0.29) is 11.7 Å². The Balaban J connectivity index is 1.98. The van der Waals surface area contributed by atoms with E-state index in [9.17, 15) is 9.18 Å². The van der Waals surface area contributed by atoms with Crippen LogP contribution in [-0.2, 0) is 11.2 Å². The largest absolute Gasteiger partial charge is 0.356 e. The van der Waals surface area contributed by atoms with E-state index >= 15 is 0 Å². The molecule has 0 saturated heterocycles. The van der Waals surface area contributed by atoms with Gasteiger partial charge in [-0.3, -0.25) is 4.79 Å². The number of H-pyrrole nitrogens is 1. The first-order valence-corrected chi connectivity index (χ1v) is 6.95. The summed E-state index contributed by atoms with van der Waals surface area (Å²) in [5.74, 6) is 0.271. The quantitative estimate of drug-likeness (QED) is 0.871. The number of para-hydroxylation sites is 1. The summed E-state index contributed by atoms with van der Waals surface area (Å²) < 4.78 is 13.7. The molecule has 19 heavy (non-hydrogen) atoms. The van der Waals surface area contributed by atoms with E-state index in [1.165, 1.54) is 6.07 Å². The first-order valence-electron chi connectivity index (χ1n) is 6.95. The van der Waals surface area contributed by atoms with Crippen LogP contribution in [0.2, 0.25) is 0 Å². The van der Waals surface area contributed by atoms with Crippen LogP contribution < -0.4 is 0 Å². The highest BCUT2D eigenvalue weighted by atomic mass is 19.1. The maximum absolute atomic E-state index is 13.7. The molecule has 1 aromatic carbocycles. The fourth-order valence-corrected chi connectivity index (χ4v) is 3.15. The van der Waals surface area contributed by atoms with Crippen molar-refractivity contribution < 1.29 is 9.18 Å². The fourth-order valence-electron chi connectivity index (χ4n) is 3.15. The van der Waals surface area contributed by atoms with Crippen molar-refractivity contribution in [2.24, 2.45) is 5.92 Å². The molecule has 1 N–H and O–H groups in total. The monoisotopic (exact) mass is 259 g/mol. The molecule has 1 aromatic heterocycles. The van der Waals surface area contributed by atoms with Gasteiger partial charge in [-0.1, -0.05) is 18.6 Å². The third kappa shape index (κ3) is 2.18. The highest BCUT2D eigenvalue weighted by molar-refractivity contribution is 5.87. The van der Waals surface area contributed by atoms with Crippen molar-refractivity contribution >= 4 is 16.7 Å². The lowest BCUT2D eigenvalue weighted by Crippen LogP contribution is -2.21. The van der Waals surface area contributed by atoms with Gasteiger partial charge in [0.15, 0.2) is 0 Å². The van der Waals surface area contributed by atoms with Crippen molar-refractivity contribution in [1.82, 2.24) is 4.98 Å². The second-order valence-corrected chi connectivity index (χ2v) is 5.50. The highest BCUT2D eigenvalue weighted by Crippen LogP contribution is 2.30. The fraction of sp³-hybridized carbons (Fsp3) is 0.438. The van der Waals surface area contributed by atoms with Gasteiger partial charge in [-0.05, 0) is 37.8 Å². The molecule has 0 bridgehead atoms. The first kappa shape index (κ1) is 12.4. The molecule has 1 aliphatic carbocycles. The molecule has 1 heterocycles. The number of ketones is 1. The molecule has 0 amide bonds. The van der Waals surface area contributed by atoms with E-state index in [0.717, 1.165) is 42.3 Å². The smallest absolute Gasteiger partial charge is 0.147 e. The minimum atomic E-state index is -0.221. The van der Waals surface area contributed by atoms with Crippen molar-refractivity contribution in [3.63, 3.8) is 0 Å². The van der Waals surface area contributed by atoms with Crippen molar-refractivity contribution in [2.75, 3.05) is 0 Å². The number of aromatic nitrogens is 1. The Morgan fingerprint density at radius 3 is 3.00 bits per heavy atom. The summed E-state index contributed by atoms with van der Waals surface area (Å²) in [6, 6.07) is 5.13. The molecule has 3 heteroatoms. The molecule has 0 spiro atoms. The topological polar surface area (TPSA) is 32.9 Å². The zero-order chi connectivity index (χ0) is 13.4. The van der Waals surface area contributed by atoms with Crippen molar-refractivity contribution in [3.8, 4) is 0 Å². The number of fused-ring (bicyclic) bond motifs is 1. The van der Waals surface area contributed by atoms with Crippen LogP contribution in [-0.4, -0.2) is 10.8 Å². The SMILES string of the molecule is Cc1[nH]c2c(F)cccc2c1CC1CCCCC1=O. The lowest BCUT2D eigenvalue weighted by Gasteiger charge is -2.20. The van der Waals surface area contributed by atoms with E-state index in [0.29, 0.717) is 17.7 Å². The van der Waals surface area contributed by atoms with E-state index in [4.69, 9.17) is 0 Å². The van der Waals surface area contributed by atoms with Crippen LogP contribution in [0, 0.1) is 18.7 Å². The predicted molar refractivity (Wildman–Crippen MR) is 73.7 cm³/mol. The highest BCUT2D eigenvalue weighted by Gasteiger charge is 2.24. The zero-order valence-corrected chi connectivity index (χ0v) is 11.1. The number of rotatable bonds is 2. The number of hydrogen-bond donors (Lipinski definition) is 1. The number of halogens is 1. The number of aryl methyl sites for hydroxylation is 1. The summed E-state index contributed by atoms with van der Waals surface area (Å²) in [5.41, 5.74) is 2.66. The summed E-state index contributed by atoms with van der Waals surface area (Å²) in [6.07, 6.45) is 4.58. The molecule has 0 radical (unpaired) electrons. The Bertz CT molecular complexity index is 629. The molecule has 2 aromatic rings. The normalized spacial score (nSPS) is 20.1. The van der Waals surface area contributed by atoms with Crippen LogP contribution in [0.15, 0.2) is 18.2 Å². The number of benzene rings is 1. The van der Waals surface area contributed by atoms with Crippen LogP contribution in [0.25, 0.3) is 10.9 Å². The molecule has 1 unspecified atom stereocenters. The van der Waals surface area contributed by atoms with Gasteiger partial charge in [0.25, 0.3) is 0 Å². The summed E-state index contributed by atoms with van der Waals surface area (Å²) >= 11 is 0. The lowest BCUT2D eigenvalue weighted by atomic mass is 9.83. The molecule has 1 aliphatic rings. The molecular formula is C16H18FNO. The van der Waals surface area contributed by atoms with Gasteiger partial charge < -0.3 is 4.98 Å². The Morgan fingerprint density at radius 1 is 1.37 bits per heavy atom. The Morgan fingerprint density at radius 2 is 2.21 bits per heavy atom. The summed E-state index contributed by atoms with van der Waals surface area (Å²) in [7, 11) is 0. The van der Waals surface area contributed by atoms with Crippen molar-refractivity contribution in [2.45, 2.75) is 39.0 Å². The molecule has 1 fully saturated rings. The number of Topliss-reactive ketones (excluding diaryl/α,β-unsaturated/α-hetero) is 1. The lowest BCUT2D eigenvalue weighted by molar-refractivity contribution is -0.124. The van der Waals surface area contributed by atoms with Gasteiger partial charge in [0.2, 0.25) is 0 Å². The van der Waals surface area contributed by atoms with Crippen LogP contribution >= 0.6 is 0 Å². The molecule has 0 aliphatic heterocycles. The summed E-state index contributed by atoms with van der Waals surface area (Å²) in [4.78, 5) is 15.1. The standard InChI is InChI=1S/C16H18FNO/c1-10-13(9-11-5-2-3-8-15(11)19)12-6-4-7-14(17)16(12)18-10/h4,6-7,11,18H,2-3,5,8-9H2,1H3. The second kappa shape index (κ2) is 4.80. The van der Waals surface area contributed by atoms with Gasteiger partial charge >= 0.3 is 0 Å². The number of carbonyl (C=O) groups is 1. The van der Waals surface area contributed by atoms with Gasteiger partial charge in [0.05, 0.1) is 5.52 Å². The second-order valence-electron chi connectivity index (χ2n) is 5.50. The minimum absolute atomic E-state index is 0.120. The Hall–Kier alpha value is -1.64. The molecule has 2 nitrogen and oxygen atoms in total. The number of aromatic amines is 1. The predicted octanol–water partition coefficient (Wildman–Crippen LogP) is 3.92. The molecule has 3 rings (SSSR count). The molecule has 1 saturated carbocycles. The minimum Gasteiger partial charge on any atom is -0.356 e.